The SMILES string of the molecule is CO[Si](CCCOc1ccc2c(c1)COC1(CCCCC1)O2)(OC)OC. The fourth-order valence-electron chi connectivity index (χ4n) is 3.67. The second kappa shape index (κ2) is 8.71. The highest BCUT2D eigenvalue weighted by Gasteiger charge is 2.39. The fraction of sp³-hybridized carbons (Fsp3) is 0.684. The molecule has 0 aromatic heterocycles. The number of hydrogen-bond donors (Lipinski definition) is 0. The van der Waals surface area contributed by atoms with Gasteiger partial charge in [-0.1, -0.05) is 6.42 Å². The van der Waals surface area contributed by atoms with Gasteiger partial charge in [-0.2, -0.15) is 0 Å². The van der Waals surface area contributed by atoms with Crippen LogP contribution in [0.5, 0.6) is 11.5 Å². The maximum atomic E-state index is 6.21. The zero-order valence-corrected chi connectivity index (χ0v) is 17.0. The topological polar surface area (TPSA) is 55.4 Å². The maximum Gasteiger partial charge on any atom is 0.500 e. The van der Waals surface area contributed by atoms with E-state index in [1.54, 1.807) is 21.3 Å². The summed E-state index contributed by atoms with van der Waals surface area (Å²) in [4.78, 5) is 0. The van der Waals surface area contributed by atoms with Crippen LogP contribution in [0.4, 0.5) is 0 Å². The normalized spacial score (nSPS) is 19.0. The number of rotatable bonds is 8. The monoisotopic (exact) mass is 382 g/mol. The molecular weight excluding hydrogens is 352 g/mol. The lowest BCUT2D eigenvalue weighted by molar-refractivity contribution is -0.222. The Morgan fingerprint density at radius 2 is 1.77 bits per heavy atom. The van der Waals surface area contributed by atoms with Crippen LogP contribution in [-0.2, 0) is 24.6 Å². The second-order valence-corrected chi connectivity index (χ2v) is 9.97. The molecule has 0 radical (unpaired) electrons. The third-order valence-corrected chi connectivity index (χ3v) is 8.09. The van der Waals surface area contributed by atoms with Crippen LogP contribution in [-0.4, -0.2) is 42.5 Å². The highest BCUT2D eigenvalue weighted by molar-refractivity contribution is 6.60. The van der Waals surface area contributed by atoms with Gasteiger partial charge in [-0.3, -0.25) is 0 Å². The molecule has 26 heavy (non-hydrogen) atoms. The van der Waals surface area contributed by atoms with Crippen molar-refractivity contribution in [1.82, 2.24) is 0 Å². The van der Waals surface area contributed by atoms with Crippen molar-refractivity contribution in [2.75, 3.05) is 27.9 Å². The molecule has 0 unspecified atom stereocenters. The van der Waals surface area contributed by atoms with Crippen LogP contribution in [0.15, 0.2) is 18.2 Å². The van der Waals surface area contributed by atoms with Crippen molar-refractivity contribution in [1.29, 1.82) is 0 Å². The zero-order chi connectivity index (χ0) is 18.5. The molecule has 0 atom stereocenters. The Labute approximate surface area is 157 Å². The van der Waals surface area contributed by atoms with Gasteiger partial charge in [-0.25, -0.2) is 0 Å². The van der Waals surface area contributed by atoms with Crippen molar-refractivity contribution >= 4 is 8.80 Å². The molecular formula is C19H30O6Si. The average Bonchev–Trinajstić information content (AvgIpc) is 2.69. The van der Waals surface area contributed by atoms with Gasteiger partial charge in [0.2, 0.25) is 5.79 Å². The lowest BCUT2D eigenvalue weighted by atomic mass is 9.93. The molecule has 2 aliphatic rings. The summed E-state index contributed by atoms with van der Waals surface area (Å²) >= 11 is 0. The van der Waals surface area contributed by atoms with E-state index in [9.17, 15) is 0 Å². The highest BCUT2D eigenvalue weighted by Crippen LogP contribution is 2.41. The van der Waals surface area contributed by atoms with Gasteiger partial charge in [0.05, 0.1) is 13.2 Å². The largest absolute Gasteiger partial charge is 0.500 e. The van der Waals surface area contributed by atoms with Crippen LogP contribution < -0.4 is 9.47 Å². The second-order valence-electron chi connectivity index (χ2n) is 6.88. The average molecular weight is 383 g/mol. The summed E-state index contributed by atoms with van der Waals surface area (Å²) < 4.78 is 34.4. The van der Waals surface area contributed by atoms with E-state index in [0.29, 0.717) is 13.2 Å². The summed E-state index contributed by atoms with van der Waals surface area (Å²) in [6.45, 7) is 1.16. The van der Waals surface area contributed by atoms with Crippen molar-refractivity contribution in [3.8, 4) is 11.5 Å². The molecule has 146 valence electrons. The van der Waals surface area contributed by atoms with E-state index in [0.717, 1.165) is 42.4 Å². The molecule has 0 saturated heterocycles. The number of hydrogen-bond acceptors (Lipinski definition) is 6. The van der Waals surface area contributed by atoms with Crippen LogP contribution in [0.2, 0.25) is 6.04 Å². The van der Waals surface area contributed by atoms with Gasteiger partial charge in [-0.05, 0) is 37.5 Å². The first-order valence-electron chi connectivity index (χ1n) is 9.38. The van der Waals surface area contributed by atoms with Crippen LogP contribution in [0.1, 0.15) is 44.1 Å². The lowest BCUT2D eigenvalue weighted by Gasteiger charge is -2.41. The molecule has 1 aliphatic heterocycles. The van der Waals surface area contributed by atoms with Crippen molar-refractivity contribution in [2.45, 2.75) is 57.0 Å². The highest BCUT2D eigenvalue weighted by atomic mass is 28.4. The molecule has 1 aromatic carbocycles. The van der Waals surface area contributed by atoms with Gasteiger partial charge < -0.3 is 27.5 Å². The molecule has 3 rings (SSSR count). The van der Waals surface area contributed by atoms with Gasteiger partial charge in [0.1, 0.15) is 11.5 Å². The lowest BCUT2D eigenvalue weighted by Crippen LogP contribution is -2.43. The molecule has 7 heteroatoms. The van der Waals surface area contributed by atoms with Gasteiger partial charge in [-0.15, -0.1) is 0 Å². The summed E-state index contributed by atoms with van der Waals surface area (Å²) in [6, 6.07) is 6.70. The molecule has 1 aromatic rings. The third kappa shape index (κ3) is 4.40. The Morgan fingerprint density at radius 3 is 2.46 bits per heavy atom. The van der Waals surface area contributed by atoms with Crippen molar-refractivity contribution in [3.63, 3.8) is 0 Å². The summed E-state index contributed by atoms with van der Waals surface area (Å²) in [5.41, 5.74) is 1.05. The van der Waals surface area contributed by atoms with Gasteiger partial charge in [0, 0.05) is 45.8 Å². The van der Waals surface area contributed by atoms with E-state index >= 15 is 0 Å². The number of fused-ring (bicyclic) bond motifs is 1. The molecule has 1 spiro atoms. The molecule has 1 heterocycles. The Balaban J connectivity index is 1.52. The van der Waals surface area contributed by atoms with Gasteiger partial charge >= 0.3 is 8.80 Å². The first-order valence-corrected chi connectivity index (χ1v) is 11.3. The maximum absolute atomic E-state index is 6.21. The molecule has 1 fully saturated rings. The number of benzene rings is 1. The standard InChI is InChI=1S/C19H30O6Si/c1-20-26(21-2,22-3)13-7-12-23-17-8-9-18-16(14-17)15-24-19(25-18)10-5-4-6-11-19/h8-9,14H,4-7,10-13,15H2,1-3H3. The Bertz CT molecular complexity index is 575. The van der Waals surface area contributed by atoms with Crippen LogP contribution in [0, 0.1) is 0 Å². The summed E-state index contributed by atoms with van der Waals surface area (Å²) in [7, 11) is 2.36. The molecule has 0 amide bonds. The van der Waals surface area contributed by atoms with E-state index in [1.807, 2.05) is 18.2 Å². The van der Waals surface area contributed by atoms with E-state index in [-0.39, 0.29) is 0 Å². The molecule has 1 saturated carbocycles. The molecule has 0 N–H and O–H groups in total. The Kier molecular flexibility index (Phi) is 6.58. The van der Waals surface area contributed by atoms with E-state index in [4.69, 9.17) is 27.5 Å². The molecule has 6 nitrogen and oxygen atoms in total. The minimum absolute atomic E-state index is 0.401. The van der Waals surface area contributed by atoms with E-state index in [1.165, 1.54) is 19.3 Å². The first kappa shape index (κ1) is 19.6. The molecule has 1 aliphatic carbocycles. The minimum atomic E-state index is -2.52. The van der Waals surface area contributed by atoms with Crippen molar-refractivity contribution < 1.29 is 27.5 Å². The van der Waals surface area contributed by atoms with Crippen LogP contribution in [0.25, 0.3) is 0 Å². The van der Waals surface area contributed by atoms with E-state index < -0.39 is 14.6 Å². The van der Waals surface area contributed by atoms with Crippen molar-refractivity contribution in [2.24, 2.45) is 0 Å². The van der Waals surface area contributed by atoms with Crippen LogP contribution in [0.3, 0.4) is 0 Å². The third-order valence-electron chi connectivity index (χ3n) is 5.26. The first-order chi connectivity index (χ1) is 12.6. The Hall–Kier alpha value is -1.12. The smallest absolute Gasteiger partial charge is 0.494 e. The fourth-order valence-corrected chi connectivity index (χ4v) is 5.36. The van der Waals surface area contributed by atoms with Gasteiger partial charge in [0.25, 0.3) is 0 Å². The zero-order valence-electron chi connectivity index (χ0n) is 16.0. The molecule has 0 bridgehead atoms. The van der Waals surface area contributed by atoms with E-state index in [2.05, 4.69) is 0 Å². The summed E-state index contributed by atoms with van der Waals surface area (Å²) in [6.07, 6.45) is 6.38. The summed E-state index contributed by atoms with van der Waals surface area (Å²) in [5, 5.41) is 0. The predicted molar refractivity (Wildman–Crippen MR) is 99.4 cm³/mol. The Morgan fingerprint density at radius 1 is 1.04 bits per heavy atom. The quantitative estimate of drug-likeness (QED) is 0.502. The minimum Gasteiger partial charge on any atom is -0.494 e. The van der Waals surface area contributed by atoms with Gasteiger partial charge in [0.15, 0.2) is 0 Å². The number of ether oxygens (including phenoxy) is 3. The predicted octanol–water partition coefficient (Wildman–Crippen LogP) is 3.90. The van der Waals surface area contributed by atoms with Crippen LogP contribution >= 0.6 is 0 Å². The van der Waals surface area contributed by atoms with Crippen molar-refractivity contribution in [3.05, 3.63) is 23.8 Å². The summed E-state index contributed by atoms with van der Waals surface area (Å²) in [5.74, 6) is 1.35.